The first-order chi connectivity index (χ1) is 8.22. The number of hydrogen-bond acceptors (Lipinski definition) is 4. The second-order valence-corrected chi connectivity index (χ2v) is 5.61. The predicted octanol–water partition coefficient (Wildman–Crippen LogP) is 0.979. The normalized spacial score (nSPS) is 18.7. The average Bonchev–Trinajstić information content (AvgIpc) is 2.95. The fourth-order valence-corrected chi connectivity index (χ4v) is 3.60. The summed E-state index contributed by atoms with van der Waals surface area (Å²) < 4.78 is 1.56. The molecule has 0 radical (unpaired) electrons. The monoisotopic (exact) mass is 256 g/mol. The quantitative estimate of drug-likeness (QED) is 0.771. The van der Waals surface area contributed by atoms with Crippen LogP contribution in [0, 0.1) is 5.92 Å². The number of nitrogens with one attached hydrogen (secondary N) is 2. The van der Waals surface area contributed by atoms with Crippen LogP contribution in [0.2, 0.25) is 0 Å². The van der Waals surface area contributed by atoms with Crippen molar-refractivity contribution in [2.45, 2.75) is 36.9 Å². The van der Waals surface area contributed by atoms with Crippen molar-refractivity contribution < 1.29 is 0 Å². The number of nitrogens with zero attached hydrogens (tertiary/aromatic N) is 2. The average molecular weight is 256 g/mol. The number of rotatable bonds is 5. The van der Waals surface area contributed by atoms with Gasteiger partial charge < -0.3 is 5.32 Å². The van der Waals surface area contributed by atoms with Crippen LogP contribution in [-0.4, -0.2) is 33.6 Å². The summed E-state index contributed by atoms with van der Waals surface area (Å²) in [5.74, 6) is 1.75. The number of H-pyrrole nitrogens is 1. The van der Waals surface area contributed by atoms with Crippen LogP contribution in [0.1, 0.15) is 25.7 Å². The molecule has 1 aliphatic carbocycles. The van der Waals surface area contributed by atoms with Gasteiger partial charge >= 0.3 is 5.69 Å². The molecular weight excluding hydrogens is 236 g/mol. The van der Waals surface area contributed by atoms with Gasteiger partial charge in [-0.1, -0.05) is 24.6 Å². The van der Waals surface area contributed by atoms with Crippen LogP contribution in [-0.2, 0) is 7.05 Å². The van der Waals surface area contributed by atoms with Gasteiger partial charge in [0.15, 0.2) is 5.16 Å². The van der Waals surface area contributed by atoms with Gasteiger partial charge in [0.05, 0.1) is 0 Å². The first-order valence-electron chi connectivity index (χ1n) is 6.14. The van der Waals surface area contributed by atoms with Crippen LogP contribution in [0.4, 0.5) is 0 Å². The Kier molecular flexibility index (Phi) is 4.28. The van der Waals surface area contributed by atoms with Crippen LogP contribution in [0.25, 0.3) is 0 Å². The van der Waals surface area contributed by atoms with Gasteiger partial charge in [0, 0.05) is 18.8 Å². The predicted molar refractivity (Wildman–Crippen MR) is 69.4 cm³/mol. The highest BCUT2D eigenvalue weighted by Gasteiger charge is 2.24. The van der Waals surface area contributed by atoms with Crippen molar-refractivity contribution in [1.82, 2.24) is 20.1 Å². The van der Waals surface area contributed by atoms with E-state index in [0.29, 0.717) is 6.04 Å². The van der Waals surface area contributed by atoms with E-state index in [0.717, 1.165) is 16.8 Å². The van der Waals surface area contributed by atoms with Crippen LogP contribution >= 0.6 is 11.8 Å². The maximum absolute atomic E-state index is 11.2. The van der Waals surface area contributed by atoms with Crippen molar-refractivity contribution in [3.8, 4) is 0 Å². The maximum Gasteiger partial charge on any atom is 0.343 e. The standard InChI is InChI=1S/C11H20N4OS/c1-12-9(8-5-3-4-6-8)7-17-11-14-13-10(16)15(11)2/h8-9,12H,3-7H2,1-2H3,(H,13,16). The first kappa shape index (κ1) is 12.7. The highest BCUT2D eigenvalue weighted by Crippen LogP contribution is 2.29. The number of aromatic amines is 1. The molecule has 6 heteroatoms. The fraction of sp³-hybridized carbons (Fsp3) is 0.818. The SMILES string of the molecule is CNC(CSc1n[nH]c(=O)n1C)C1CCCC1. The van der Waals surface area contributed by atoms with E-state index >= 15 is 0 Å². The molecule has 2 N–H and O–H groups in total. The Labute approximate surface area is 105 Å². The Morgan fingerprint density at radius 1 is 1.59 bits per heavy atom. The lowest BCUT2D eigenvalue weighted by Gasteiger charge is -2.22. The van der Waals surface area contributed by atoms with Gasteiger partial charge in [-0.3, -0.25) is 4.57 Å². The Morgan fingerprint density at radius 2 is 2.29 bits per heavy atom. The summed E-state index contributed by atoms with van der Waals surface area (Å²) in [6, 6.07) is 0.523. The van der Waals surface area contributed by atoms with Gasteiger partial charge in [0.2, 0.25) is 0 Å². The van der Waals surface area contributed by atoms with Crippen molar-refractivity contribution in [2.75, 3.05) is 12.8 Å². The van der Waals surface area contributed by atoms with E-state index in [9.17, 15) is 4.79 Å². The topological polar surface area (TPSA) is 62.7 Å². The van der Waals surface area contributed by atoms with Crippen molar-refractivity contribution in [2.24, 2.45) is 13.0 Å². The van der Waals surface area contributed by atoms with E-state index < -0.39 is 0 Å². The molecule has 1 aliphatic rings. The third-order valence-corrected chi connectivity index (χ3v) is 4.72. The zero-order valence-corrected chi connectivity index (χ0v) is 11.2. The molecule has 1 fully saturated rings. The van der Waals surface area contributed by atoms with Crippen LogP contribution < -0.4 is 11.0 Å². The molecule has 0 amide bonds. The minimum atomic E-state index is -0.144. The second-order valence-electron chi connectivity index (χ2n) is 4.62. The molecule has 2 rings (SSSR count). The number of thioether (sulfide) groups is 1. The highest BCUT2D eigenvalue weighted by molar-refractivity contribution is 7.99. The minimum Gasteiger partial charge on any atom is -0.316 e. The summed E-state index contributed by atoms with van der Waals surface area (Å²) in [4.78, 5) is 11.2. The van der Waals surface area contributed by atoms with Crippen molar-refractivity contribution in [1.29, 1.82) is 0 Å². The molecule has 0 saturated heterocycles. The van der Waals surface area contributed by atoms with Gasteiger partial charge in [-0.05, 0) is 25.8 Å². The van der Waals surface area contributed by atoms with E-state index in [1.807, 2.05) is 7.05 Å². The third kappa shape index (κ3) is 2.93. The summed E-state index contributed by atoms with van der Waals surface area (Å²) in [6.45, 7) is 0. The summed E-state index contributed by atoms with van der Waals surface area (Å²) in [7, 11) is 3.77. The van der Waals surface area contributed by atoms with Gasteiger partial charge in [-0.15, -0.1) is 5.10 Å². The summed E-state index contributed by atoms with van der Waals surface area (Å²) in [5.41, 5.74) is -0.144. The zero-order chi connectivity index (χ0) is 12.3. The molecule has 0 aliphatic heterocycles. The van der Waals surface area contributed by atoms with Crippen LogP contribution in [0.3, 0.4) is 0 Å². The van der Waals surface area contributed by atoms with Crippen molar-refractivity contribution >= 4 is 11.8 Å². The summed E-state index contributed by atoms with van der Waals surface area (Å²) in [5, 5.41) is 10.6. The van der Waals surface area contributed by atoms with Gasteiger partial charge in [-0.2, -0.15) is 0 Å². The number of aromatic nitrogens is 3. The third-order valence-electron chi connectivity index (χ3n) is 3.57. The van der Waals surface area contributed by atoms with E-state index in [4.69, 9.17) is 0 Å². The molecule has 1 heterocycles. The first-order valence-corrected chi connectivity index (χ1v) is 7.12. The minimum absolute atomic E-state index is 0.144. The van der Waals surface area contributed by atoms with Crippen LogP contribution in [0.15, 0.2) is 9.95 Å². The zero-order valence-electron chi connectivity index (χ0n) is 10.4. The molecule has 96 valence electrons. The molecule has 1 aromatic heterocycles. The molecule has 1 atom stereocenters. The Balaban J connectivity index is 1.91. The van der Waals surface area contributed by atoms with Crippen LogP contribution in [0.5, 0.6) is 0 Å². The maximum atomic E-state index is 11.2. The molecule has 17 heavy (non-hydrogen) atoms. The van der Waals surface area contributed by atoms with Crippen molar-refractivity contribution in [3.63, 3.8) is 0 Å². The van der Waals surface area contributed by atoms with E-state index in [1.54, 1.807) is 23.4 Å². The highest BCUT2D eigenvalue weighted by atomic mass is 32.2. The second kappa shape index (κ2) is 5.73. The fourth-order valence-electron chi connectivity index (χ4n) is 2.44. The van der Waals surface area contributed by atoms with E-state index in [1.165, 1.54) is 25.7 Å². The molecule has 1 unspecified atom stereocenters. The van der Waals surface area contributed by atoms with Gasteiger partial charge in [0.25, 0.3) is 0 Å². The summed E-state index contributed by atoms with van der Waals surface area (Å²) in [6.07, 6.45) is 5.36. The molecule has 1 saturated carbocycles. The Morgan fingerprint density at radius 3 is 2.82 bits per heavy atom. The lowest BCUT2D eigenvalue weighted by Crippen LogP contribution is -2.34. The smallest absolute Gasteiger partial charge is 0.316 e. The molecule has 1 aromatic rings. The molecule has 0 aromatic carbocycles. The van der Waals surface area contributed by atoms with Gasteiger partial charge in [0.1, 0.15) is 0 Å². The van der Waals surface area contributed by atoms with E-state index in [-0.39, 0.29) is 5.69 Å². The Hall–Kier alpha value is -0.750. The Bertz CT molecular complexity index is 408. The number of hydrogen-bond donors (Lipinski definition) is 2. The molecule has 0 bridgehead atoms. The van der Waals surface area contributed by atoms with E-state index in [2.05, 4.69) is 15.5 Å². The van der Waals surface area contributed by atoms with Crippen molar-refractivity contribution in [3.05, 3.63) is 10.5 Å². The summed E-state index contributed by atoms with van der Waals surface area (Å²) >= 11 is 1.65. The largest absolute Gasteiger partial charge is 0.343 e. The van der Waals surface area contributed by atoms with Gasteiger partial charge in [-0.25, -0.2) is 9.89 Å². The molecule has 5 nitrogen and oxygen atoms in total. The lowest BCUT2D eigenvalue weighted by molar-refractivity contribution is 0.410. The lowest BCUT2D eigenvalue weighted by atomic mass is 10.0. The molecule has 0 spiro atoms. The molecular formula is C11H20N4OS.